The Morgan fingerprint density at radius 3 is 1.41 bits per heavy atom. The number of phenolic OH excluding ortho intramolecular Hbond substituents is 8. The van der Waals surface area contributed by atoms with Crippen molar-refractivity contribution in [1.29, 1.82) is 0 Å². The molecule has 0 spiro atoms. The molecule has 0 radical (unpaired) electrons. The van der Waals surface area contributed by atoms with Gasteiger partial charge in [0.15, 0.2) is 30.3 Å². The zero-order chi connectivity index (χ0) is 34.3. The van der Waals surface area contributed by atoms with Crippen LogP contribution >= 0.6 is 0 Å². The molecule has 0 fully saturated rings. The molecule has 240 valence electrons. The predicted molar refractivity (Wildman–Crippen MR) is 191 cm³/mol. The molecule has 9 nitrogen and oxygen atoms in total. The Labute approximate surface area is 278 Å². The third-order valence-electron chi connectivity index (χ3n) is 9.35. The van der Waals surface area contributed by atoms with Crippen molar-refractivity contribution in [3.63, 3.8) is 0 Å². The van der Waals surface area contributed by atoms with Crippen LogP contribution in [0, 0.1) is 0 Å². The average Bonchev–Trinajstić information content (AvgIpc) is 3.51. The minimum absolute atomic E-state index is 0.0191. The lowest BCUT2D eigenvalue weighted by atomic mass is 9.69. The first-order valence-electron chi connectivity index (χ1n) is 15.5. The van der Waals surface area contributed by atoms with Crippen LogP contribution in [0.1, 0.15) is 0 Å². The second kappa shape index (κ2) is 10.7. The molecule has 8 N–H and O–H groups in total. The lowest BCUT2D eigenvalue weighted by Gasteiger charge is -2.24. The highest BCUT2D eigenvalue weighted by atomic mass is 16.4. The Balaban J connectivity index is 1.60. The fourth-order valence-electron chi connectivity index (χ4n) is 7.18. The summed E-state index contributed by atoms with van der Waals surface area (Å²) >= 11 is 0. The van der Waals surface area contributed by atoms with E-state index in [4.69, 9.17) is 4.42 Å². The first kappa shape index (κ1) is 29.7. The first-order valence-corrected chi connectivity index (χ1v) is 15.5. The van der Waals surface area contributed by atoms with Gasteiger partial charge >= 0.3 is 0 Å². The van der Waals surface area contributed by atoms with E-state index in [-0.39, 0.29) is 18.3 Å². The van der Waals surface area contributed by atoms with Gasteiger partial charge in [-0.15, -0.1) is 0 Å². The second-order valence-electron chi connectivity index (χ2n) is 11.9. The molecule has 1 aromatic heterocycles. The number of furan rings is 1. The molecule has 10 heteroatoms. The zero-order valence-electron chi connectivity index (χ0n) is 25.9. The monoisotopic (exact) mass is 650 g/mol. The smallest absolute Gasteiger partial charge is 0.208 e. The van der Waals surface area contributed by atoms with Crippen molar-refractivity contribution >= 4 is 56.2 Å². The predicted octanol–water partition coefficient (Wildman–Crippen LogP) is 7.65. The van der Waals surface area contributed by atoms with Crippen molar-refractivity contribution in [2.24, 2.45) is 0 Å². The molecule has 49 heavy (non-hydrogen) atoms. The second-order valence-corrected chi connectivity index (χ2v) is 11.9. The van der Waals surface area contributed by atoms with E-state index in [1.807, 2.05) is 91.0 Å². The fourth-order valence-corrected chi connectivity index (χ4v) is 7.18. The SMILES string of the molecule is CBc1c(O)c(O)c(-c2c(O)c(O)c(O)c(O)c2O)c(-c2c3ccccc3c(-c3cccc4oc5ccccc5c34)c3ccccc23)c1O. The molecule has 0 atom stereocenters. The van der Waals surface area contributed by atoms with Crippen molar-refractivity contribution in [2.75, 3.05) is 0 Å². The molecule has 8 aromatic rings. The van der Waals surface area contributed by atoms with Gasteiger partial charge < -0.3 is 45.3 Å². The van der Waals surface area contributed by atoms with Gasteiger partial charge in [-0.3, -0.25) is 0 Å². The summed E-state index contributed by atoms with van der Waals surface area (Å²) in [5.41, 5.74) is 2.21. The van der Waals surface area contributed by atoms with Crippen LogP contribution in [0.2, 0.25) is 6.82 Å². The number of para-hydroxylation sites is 1. The van der Waals surface area contributed by atoms with Crippen LogP contribution < -0.4 is 5.46 Å². The summed E-state index contributed by atoms with van der Waals surface area (Å²) in [5, 5.41) is 92.5. The molecule has 0 aliphatic rings. The van der Waals surface area contributed by atoms with E-state index in [2.05, 4.69) is 0 Å². The summed E-state index contributed by atoms with van der Waals surface area (Å²) < 4.78 is 6.22. The number of aromatic hydroxyl groups is 8. The maximum absolute atomic E-state index is 12.0. The highest BCUT2D eigenvalue weighted by molar-refractivity contribution is 6.55. The van der Waals surface area contributed by atoms with E-state index in [0.717, 1.165) is 38.3 Å². The van der Waals surface area contributed by atoms with E-state index >= 15 is 0 Å². The summed E-state index contributed by atoms with van der Waals surface area (Å²) in [6.07, 6.45) is 0. The normalized spacial score (nSPS) is 11.6. The first-order chi connectivity index (χ1) is 23.6. The minimum Gasteiger partial charge on any atom is -0.508 e. The molecule has 0 bridgehead atoms. The Hall–Kier alpha value is -6.68. The van der Waals surface area contributed by atoms with E-state index < -0.39 is 57.1 Å². The van der Waals surface area contributed by atoms with Crippen molar-refractivity contribution < 1.29 is 45.3 Å². The highest BCUT2D eigenvalue weighted by Crippen LogP contribution is 2.61. The quantitative estimate of drug-likeness (QED) is 0.0412. The van der Waals surface area contributed by atoms with Gasteiger partial charge in [-0.25, -0.2) is 0 Å². The van der Waals surface area contributed by atoms with Gasteiger partial charge in [0.05, 0.1) is 5.56 Å². The molecule has 0 unspecified atom stereocenters. The maximum Gasteiger partial charge on any atom is 0.208 e. The fraction of sp³-hybridized carbons (Fsp3) is 0.0256. The van der Waals surface area contributed by atoms with Crippen LogP contribution in [0.4, 0.5) is 0 Å². The number of fused-ring (bicyclic) bond motifs is 5. The Bertz CT molecular complexity index is 2610. The number of hydrogen-bond donors (Lipinski definition) is 8. The van der Waals surface area contributed by atoms with Crippen LogP contribution in [0.25, 0.3) is 76.9 Å². The topological polar surface area (TPSA) is 175 Å². The lowest BCUT2D eigenvalue weighted by molar-refractivity contribution is 0.329. The van der Waals surface area contributed by atoms with E-state index in [0.29, 0.717) is 21.9 Å². The number of benzene rings is 7. The van der Waals surface area contributed by atoms with Gasteiger partial charge in [-0.05, 0) is 44.8 Å². The molecule has 7 aromatic carbocycles. The number of rotatable bonds is 4. The van der Waals surface area contributed by atoms with Gasteiger partial charge in [-0.2, -0.15) is 0 Å². The van der Waals surface area contributed by atoms with Gasteiger partial charge in [0, 0.05) is 32.9 Å². The minimum atomic E-state index is -1.19. The van der Waals surface area contributed by atoms with E-state index in [1.54, 1.807) is 6.82 Å². The maximum atomic E-state index is 12.0. The summed E-state index contributed by atoms with van der Waals surface area (Å²) in [4.78, 5) is 0. The van der Waals surface area contributed by atoms with Crippen LogP contribution in [0.15, 0.2) is 95.4 Å². The molecule has 1 heterocycles. The Morgan fingerprint density at radius 1 is 0.388 bits per heavy atom. The van der Waals surface area contributed by atoms with Crippen LogP contribution in [-0.2, 0) is 0 Å². The van der Waals surface area contributed by atoms with Crippen LogP contribution in [0.5, 0.6) is 46.0 Å². The molecule has 0 saturated carbocycles. The number of hydrogen-bond acceptors (Lipinski definition) is 9. The summed E-state index contributed by atoms with van der Waals surface area (Å²) in [5.74, 6) is -7.80. The Morgan fingerprint density at radius 2 is 0.837 bits per heavy atom. The zero-order valence-corrected chi connectivity index (χ0v) is 25.9. The van der Waals surface area contributed by atoms with Crippen molar-refractivity contribution in [3.8, 4) is 79.4 Å². The summed E-state index contributed by atoms with van der Waals surface area (Å²) in [6, 6.07) is 28.5. The lowest BCUT2D eigenvalue weighted by Crippen LogP contribution is -2.14. The van der Waals surface area contributed by atoms with Gasteiger partial charge in [0.1, 0.15) is 16.9 Å². The highest BCUT2D eigenvalue weighted by Gasteiger charge is 2.34. The summed E-state index contributed by atoms with van der Waals surface area (Å²) in [6.45, 7) is 1.67. The third kappa shape index (κ3) is 4.00. The van der Waals surface area contributed by atoms with Crippen molar-refractivity contribution in [2.45, 2.75) is 6.82 Å². The van der Waals surface area contributed by atoms with Crippen molar-refractivity contribution in [1.82, 2.24) is 0 Å². The molecule has 0 aliphatic heterocycles. The van der Waals surface area contributed by atoms with Crippen LogP contribution in [-0.4, -0.2) is 48.1 Å². The average molecular weight is 650 g/mol. The van der Waals surface area contributed by atoms with Gasteiger partial charge in [-0.1, -0.05) is 85.7 Å². The van der Waals surface area contributed by atoms with Gasteiger partial charge in [0.25, 0.3) is 0 Å². The largest absolute Gasteiger partial charge is 0.508 e. The summed E-state index contributed by atoms with van der Waals surface area (Å²) in [7, 11) is 0.0755. The third-order valence-corrected chi connectivity index (χ3v) is 9.35. The van der Waals surface area contributed by atoms with Gasteiger partial charge in [0.2, 0.25) is 17.2 Å². The molecule has 8 rings (SSSR count). The standard InChI is InChI=1S/C39H27BO9/c1-40-31-32(41)28(29(33(42)36(31)45)30-34(43)37(46)39(48)38(47)35(30)44)27-19-11-4-2-9-17(19)25(18-10-3-5-12-20(18)27)22-14-8-16-24-26(22)21-13-6-7-15-23(21)49-24/h2-16,40-48H,1H3. The molecule has 0 amide bonds. The van der Waals surface area contributed by atoms with E-state index in [9.17, 15) is 40.9 Å². The van der Waals surface area contributed by atoms with Crippen LogP contribution in [0.3, 0.4) is 0 Å². The molecular formula is C39H27BO9. The molecule has 0 aliphatic carbocycles. The molecular weight excluding hydrogens is 623 g/mol. The Kier molecular flexibility index (Phi) is 6.47. The number of phenols is 8. The van der Waals surface area contributed by atoms with E-state index in [1.165, 1.54) is 0 Å². The van der Waals surface area contributed by atoms with Crippen molar-refractivity contribution in [3.05, 3.63) is 91.0 Å². The molecule has 0 saturated heterocycles.